The normalized spacial score (nSPS) is 19.4. The molecule has 1 fully saturated rings. The van der Waals surface area contributed by atoms with Gasteiger partial charge in [0.05, 0.1) is 19.6 Å². The summed E-state index contributed by atoms with van der Waals surface area (Å²) in [4.78, 5) is 13.9. The second-order valence-corrected chi connectivity index (χ2v) is 4.98. The maximum absolute atomic E-state index is 12.0. The van der Waals surface area contributed by atoms with E-state index in [4.69, 9.17) is 4.74 Å². The fourth-order valence-electron chi connectivity index (χ4n) is 2.24. The molecule has 1 saturated heterocycles. The Hall–Kier alpha value is -1.39. The van der Waals surface area contributed by atoms with Crippen LogP contribution in [0.1, 0.15) is 18.9 Å². The Morgan fingerprint density at radius 1 is 1.42 bits per heavy atom. The number of hydrogen-bond acceptors (Lipinski definition) is 3. The van der Waals surface area contributed by atoms with Crippen LogP contribution >= 0.6 is 0 Å². The van der Waals surface area contributed by atoms with Gasteiger partial charge in [0.1, 0.15) is 0 Å². The number of piperazine rings is 1. The quantitative estimate of drug-likeness (QED) is 0.816. The summed E-state index contributed by atoms with van der Waals surface area (Å²) in [6, 6.07) is 10.4. The average Bonchev–Trinajstić information content (AvgIpc) is 2.44. The first-order valence-electron chi connectivity index (χ1n) is 6.88. The summed E-state index contributed by atoms with van der Waals surface area (Å²) in [5.74, 6) is 0.196. The molecule has 4 nitrogen and oxygen atoms in total. The monoisotopic (exact) mass is 262 g/mol. The van der Waals surface area contributed by atoms with Gasteiger partial charge in [0.2, 0.25) is 5.91 Å². The van der Waals surface area contributed by atoms with Gasteiger partial charge in [0, 0.05) is 25.7 Å². The van der Waals surface area contributed by atoms with Crippen molar-refractivity contribution in [3.8, 4) is 0 Å². The fraction of sp³-hybridized carbons (Fsp3) is 0.533. The Morgan fingerprint density at radius 3 is 2.95 bits per heavy atom. The molecular weight excluding hydrogens is 240 g/mol. The van der Waals surface area contributed by atoms with Crippen molar-refractivity contribution < 1.29 is 9.53 Å². The Balaban J connectivity index is 1.64. The molecule has 1 aliphatic heterocycles. The predicted molar refractivity (Wildman–Crippen MR) is 74.8 cm³/mol. The number of rotatable bonds is 5. The molecular formula is C15H22N2O2. The molecule has 0 radical (unpaired) electrons. The molecule has 0 aromatic heterocycles. The van der Waals surface area contributed by atoms with Crippen LogP contribution in [0.5, 0.6) is 0 Å². The van der Waals surface area contributed by atoms with E-state index >= 15 is 0 Å². The van der Waals surface area contributed by atoms with Crippen LogP contribution in [0.25, 0.3) is 0 Å². The topological polar surface area (TPSA) is 41.6 Å². The van der Waals surface area contributed by atoms with Gasteiger partial charge in [-0.3, -0.25) is 4.79 Å². The average molecular weight is 262 g/mol. The zero-order valence-electron chi connectivity index (χ0n) is 11.5. The lowest BCUT2D eigenvalue weighted by Crippen LogP contribution is -2.51. The zero-order valence-corrected chi connectivity index (χ0v) is 11.5. The van der Waals surface area contributed by atoms with E-state index in [-0.39, 0.29) is 5.91 Å². The van der Waals surface area contributed by atoms with Gasteiger partial charge < -0.3 is 15.0 Å². The Bertz CT molecular complexity index is 394. The third-order valence-corrected chi connectivity index (χ3v) is 3.29. The molecule has 1 heterocycles. The molecule has 1 amide bonds. The Labute approximate surface area is 114 Å². The summed E-state index contributed by atoms with van der Waals surface area (Å²) in [5.41, 5.74) is 1.14. The molecule has 1 atom stereocenters. The van der Waals surface area contributed by atoms with E-state index in [0.717, 1.165) is 25.2 Å². The van der Waals surface area contributed by atoms with Crippen molar-refractivity contribution in [2.24, 2.45) is 0 Å². The van der Waals surface area contributed by atoms with Crippen LogP contribution in [-0.4, -0.2) is 43.1 Å². The standard InChI is InChI=1S/C15H22N2O2/c1-13-11-17(9-8-16-13)15(18)7-10-19-12-14-5-3-2-4-6-14/h2-6,13,16H,7-12H2,1H3. The molecule has 0 bridgehead atoms. The lowest BCUT2D eigenvalue weighted by Gasteiger charge is -2.31. The number of carbonyl (C=O) groups excluding carboxylic acids is 1. The van der Waals surface area contributed by atoms with Crippen molar-refractivity contribution in [3.05, 3.63) is 35.9 Å². The first-order chi connectivity index (χ1) is 9.25. The molecule has 0 spiro atoms. The first-order valence-corrected chi connectivity index (χ1v) is 6.88. The van der Waals surface area contributed by atoms with Crippen LogP contribution in [0.3, 0.4) is 0 Å². The highest BCUT2D eigenvalue weighted by Gasteiger charge is 2.19. The number of amides is 1. The van der Waals surface area contributed by atoms with Crippen molar-refractivity contribution in [2.75, 3.05) is 26.2 Å². The summed E-state index contributed by atoms with van der Waals surface area (Å²) >= 11 is 0. The van der Waals surface area contributed by atoms with E-state index < -0.39 is 0 Å². The van der Waals surface area contributed by atoms with Gasteiger partial charge in [-0.2, -0.15) is 0 Å². The van der Waals surface area contributed by atoms with Crippen LogP contribution < -0.4 is 5.32 Å². The minimum atomic E-state index is 0.196. The third-order valence-electron chi connectivity index (χ3n) is 3.29. The highest BCUT2D eigenvalue weighted by molar-refractivity contribution is 5.76. The van der Waals surface area contributed by atoms with Gasteiger partial charge >= 0.3 is 0 Å². The van der Waals surface area contributed by atoms with Crippen molar-refractivity contribution in [2.45, 2.75) is 26.0 Å². The SMILES string of the molecule is CC1CN(C(=O)CCOCc2ccccc2)CCN1. The minimum absolute atomic E-state index is 0.196. The maximum Gasteiger partial charge on any atom is 0.224 e. The molecule has 2 rings (SSSR count). The fourth-order valence-corrected chi connectivity index (χ4v) is 2.24. The number of carbonyl (C=O) groups is 1. The van der Waals surface area contributed by atoms with Gasteiger partial charge in [-0.25, -0.2) is 0 Å². The van der Waals surface area contributed by atoms with Gasteiger partial charge in [0.25, 0.3) is 0 Å². The molecule has 104 valence electrons. The van der Waals surface area contributed by atoms with Crippen LogP contribution in [0.4, 0.5) is 0 Å². The second kappa shape index (κ2) is 7.26. The van der Waals surface area contributed by atoms with Crippen LogP contribution in [0, 0.1) is 0 Å². The zero-order chi connectivity index (χ0) is 13.5. The summed E-state index contributed by atoms with van der Waals surface area (Å²) in [6.45, 7) is 5.67. The van der Waals surface area contributed by atoms with E-state index in [9.17, 15) is 4.79 Å². The third kappa shape index (κ3) is 4.65. The lowest BCUT2D eigenvalue weighted by atomic mass is 10.2. The Morgan fingerprint density at radius 2 is 2.21 bits per heavy atom. The second-order valence-electron chi connectivity index (χ2n) is 4.98. The highest BCUT2D eigenvalue weighted by Crippen LogP contribution is 2.04. The van der Waals surface area contributed by atoms with E-state index in [1.165, 1.54) is 0 Å². The summed E-state index contributed by atoms with van der Waals surface area (Å²) < 4.78 is 5.54. The van der Waals surface area contributed by atoms with Crippen molar-refractivity contribution in [1.82, 2.24) is 10.2 Å². The van der Waals surface area contributed by atoms with Crippen molar-refractivity contribution in [1.29, 1.82) is 0 Å². The van der Waals surface area contributed by atoms with Crippen molar-refractivity contribution in [3.63, 3.8) is 0 Å². The number of hydrogen-bond donors (Lipinski definition) is 1. The summed E-state index contributed by atoms with van der Waals surface area (Å²) in [6.07, 6.45) is 0.472. The van der Waals surface area contributed by atoms with Crippen molar-refractivity contribution >= 4 is 5.91 Å². The number of ether oxygens (including phenoxy) is 1. The molecule has 0 aliphatic carbocycles. The van der Waals surface area contributed by atoms with Crippen LogP contribution in [0.15, 0.2) is 30.3 Å². The number of nitrogens with one attached hydrogen (secondary N) is 1. The van der Waals surface area contributed by atoms with E-state index in [1.54, 1.807) is 0 Å². The molecule has 1 N–H and O–H groups in total. The molecule has 1 aliphatic rings. The molecule has 0 saturated carbocycles. The largest absolute Gasteiger partial charge is 0.376 e. The van der Waals surface area contributed by atoms with Crippen LogP contribution in [-0.2, 0) is 16.1 Å². The molecule has 19 heavy (non-hydrogen) atoms. The molecule has 1 aromatic rings. The van der Waals surface area contributed by atoms with Gasteiger partial charge in [0.15, 0.2) is 0 Å². The van der Waals surface area contributed by atoms with Crippen LogP contribution in [0.2, 0.25) is 0 Å². The maximum atomic E-state index is 12.0. The van der Waals surface area contributed by atoms with E-state index in [2.05, 4.69) is 12.2 Å². The summed E-state index contributed by atoms with van der Waals surface area (Å²) in [7, 11) is 0. The molecule has 1 aromatic carbocycles. The predicted octanol–water partition coefficient (Wildman–Crippen LogP) is 1.41. The van der Waals surface area contributed by atoms with Gasteiger partial charge in [-0.05, 0) is 12.5 Å². The smallest absolute Gasteiger partial charge is 0.224 e. The lowest BCUT2D eigenvalue weighted by molar-refractivity contribution is -0.133. The molecule has 1 unspecified atom stereocenters. The number of nitrogens with zero attached hydrogens (tertiary/aromatic N) is 1. The molecule has 4 heteroatoms. The van der Waals surface area contributed by atoms with Gasteiger partial charge in [-0.1, -0.05) is 30.3 Å². The highest BCUT2D eigenvalue weighted by atomic mass is 16.5. The Kier molecular flexibility index (Phi) is 5.36. The summed E-state index contributed by atoms with van der Waals surface area (Å²) in [5, 5.41) is 3.33. The van der Waals surface area contributed by atoms with Gasteiger partial charge in [-0.15, -0.1) is 0 Å². The number of benzene rings is 1. The minimum Gasteiger partial charge on any atom is -0.376 e. The van der Waals surface area contributed by atoms with E-state index in [0.29, 0.717) is 25.7 Å². The first kappa shape index (κ1) is 14.0. The van der Waals surface area contributed by atoms with E-state index in [1.807, 2.05) is 35.2 Å².